The number of ketones is 1. The molecule has 0 radical (unpaired) electrons. The Bertz CT molecular complexity index is 887. The summed E-state index contributed by atoms with van der Waals surface area (Å²) in [5, 5.41) is 9.73. The van der Waals surface area contributed by atoms with E-state index < -0.39 is 17.7 Å². The number of alkyl halides is 3. The van der Waals surface area contributed by atoms with Crippen molar-refractivity contribution in [2.24, 2.45) is 0 Å². The summed E-state index contributed by atoms with van der Waals surface area (Å²) >= 11 is 1.23. The Labute approximate surface area is 198 Å². The van der Waals surface area contributed by atoms with Crippen LogP contribution in [0.25, 0.3) is 5.76 Å². The number of aryl methyl sites for hydroxylation is 2. The molecule has 1 heterocycles. The minimum atomic E-state index is -4.97. The molecule has 0 unspecified atom stereocenters. The van der Waals surface area contributed by atoms with E-state index in [0.29, 0.717) is 0 Å². The minimum Gasteiger partial charge on any atom is -0.506 e. The lowest BCUT2D eigenvalue weighted by Crippen LogP contribution is -2.20. The van der Waals surface area contributed by atoms with E-state index in [1.54, 1.807) is 12.1 Å². The van der Waals surface area contributed by atoms with Crippen molar-refractivity contribution in [2.45, 2.75) is 77.3 Å². The average molecular weight is 483 g/mol. The van der Waals surface area contributed by atoms with E-state index >= 15 is 0 Å². The molecule has 0 fully saturated rings. The molecule has 0 aliphatic rings. The fraction of sp³-hybridized carbons (Fsp3) is 0.500. The third-order valence-corrected chi connectivity index (χ3v) is 6.45. The van der Waals surface area contributed by atoms with Crippen LogP contribution in [-0.4, -0.2) is 23.7 Å². The predicted octanol–water partition coefficient (Wildman–Crippen LogP) is 8.22. The molecule has 0 saturated carbocycles. The zero-order valence-electron chi connectivity index (χ0n) is 19.1. The summed E-state index contributed by atoms with van der Waals surface area (Å²) in [6.07, 6.45) is 6.53. The Morgan fingerprint density at radius 3 is 2.24 bits per heavy atom. The molecule has 33 heavy (non-hydrogen) atoms. The van der Waals surface area contributed by atoms with Crippen molar-refractivity contribution in [2.75, 3.05) is 6.61 Å². The first-order chi connectivity index (χ1) is 15.8. The van der Waals surface area contributed by atoms with Gasteiger partial charge in [-0.15, -0.1) is 11.3 Å². The molecule has 0 spiro atoms. The lowest BCUT2D eigenvalue weighted by Gasteiger charge is -2.06. The Hall–Kier alpha value is -2.28. The number of allylic oxidation sites excluding steroid dienone is 1. The first-order valence-corrected chi connectivity index (χ1v) is 12.4. The third kappa shape index (κ3) is 10.9. The van der Waals surface area contributed by atoms with Crippen LogP contribution in [0.15, 0.2) is 42.5 Å². The Morgan fingerprint density at radius 2 is 1.61 bits per heavy atom. The SMILES string of the molecule is Cc1cccc(OCCCCCCCCCCCc2ccc(/C(O)=C/C(=O)C(F)(F)F)s2)c1. The molecule has 1 aromatic carbocycles. The number of carbonyl (C=O) groups is 1. The fourth-order valence-corrected chi connectivity index (χ4v) is 4.43. The molecule has 1 N–H and O–H groups in total. The minimum absolute atomic E-state index is 0.243. The van der Waals surface area contributed by atoms with Gasteiger partial charge < -0.3 is 9.84 Å². The number of thiophene rings is 1. The number of aliphatic hydroxyl groups is 1. The lowest BCUT2D eigenvalue weighted by molar-refractivity contribution is -0.165. The molecule has 3 nitrogen and oxygen atoms in total. The van der Waals surface area contributed by atoms with Crippen molar-refractivity contribution < 1.29 is 27.8 Å². The van der Waals surface area contributed by atoms with Gasteiger partial charge in [0.05, 0.1) is 11.5 Å². The van der Waals surface area contributed by atoms with Crippen molar-refractivity contribution in [3.8, 4) is 5.75 Å². The summed E-state index contributed by atoms with van der Waals surface area (Å²) in [6.45, 7) is 2.82. The number of hydrogen-bond acceptors (Lipinski definition) is 4. The van der Waals surface area contributed by atoms with Gasteiger partial charge in [-0.05, 0) is 56.0 Å². The Balaban J connectivity index is 1.47. The highest BCUT2D eigenvalue weighted by molar-refractivity contribution is 7.13. The summed E-state index contributed by atoms with van der Waals surface area (Å²) in [7, 11) is 0. The number of unbranched alkanes of at least 4 members (excludes halogenated alkanes) is 8. The summed E-state index contributed by atoms with van der Waals surface area (Å²) in [5.41, 5.74) is 1.21. The van der Waals surface area contributed by atoms with Crippen LogP contribution in [-0.2, 0) is 11.2 Å². The highest BCUT2D eigenvalue weighted by Gasteiger charge is 2.37. The molecule has 0 saturated heterocycles. The first kappa shape index (κ1) is 27.0. The zero-order valence-corrected chi connectivity index (χ0v) is 19.9. The Kier molecular flexibility index (Phi) is 11.5. The molecule has 2 aromatic rings. The number of halogens is 3. The standard InChI is InChI=1S/C26H33F3O3S/c1-20-12-11-13-21(18-20)32-17-10-8-6-4-2-3-5-7-9-14-22-15-16-24(33-22)23(30)19-25(31)26(27,28)29/h11-13,15-16,18-19,30H,2-10,14,17H2,1H3/b23-19-. The van der Waals surface area contributed by atoms with Crippen LogP contribution in [0.4, 0.5) is 13.2 Å². The second-order valence-electron chi connectivity index (χ2n) is 8.25. The molecule has 0 amide bonds. The maximum atomic E-state index is 12.3. The van der Waals surface area contributed by atoms with Crippen LogP contribution in [0.3, 0.4) is 0 Å². The topological polar surface area (TPSA) is 46.5 Å². The predicted molar refractivity (Wildman–Crippen MR) is 128 cm³/mol. The monoisotopic (exact) mass is 482 g/mol. The van der Waals surface area contributed by atoms with Crippen molar-refractivity contribution in [3.05, 3.63) is 57.8 Å². The summed E-state index contributed by atoms with van der Waals surface area (Å²) in [4.78, 5) is 12.2. The number of rotatable bonds is 15. The van der Waals surface area contributed by atoms with Crippen LogP contribution in [0.2, 0.25) is 0 Å². The van der Waals surface area contributed by atoms with E-state index in [2.05, 4.69) is 19.1 Å². The average Bonchev–Trinajstić information content (AvgIpc) is 3.23. The van der Waals surface area contributed by atoms with Crippen LogP contribution >= 0.6 is 11.3 Å². The molecular weight excluding hydrogens is 449 g/mol. The smallest absolute Gasteiger partial charge is 0.454 e. The van der Waals surface area contributed by atoms with Crippen LogP contribution in [0, 0.1) is 6.92 Å². The van der Waals surface area contributed by atoms with Gasteiger partial charge >= 0.3 is 6.18 Å². The molecule has 0 aliphatic carbocycles. The van der Waals surface area contributed by atoms with E-state index in [-0.39, 0.29) is 11.0 Å². The molecule has 0 aliphatic heterocycles. The lowest BCUT2D eigenvalue weighted by atomic mass is 10.1. The van der Waals surface area contributed by atoms with Gasteiger partial charge in [0, 0.05) is 11.0 Å². The third-order valence-electron chi connectivity index (χ3n) is 5.29. The normalized spacial score (nSPS) is 12.2. The molecule has 0 bridgehead atoms. The van der Waals surface area contributed by atoms with E-state index in [1.165, 1.54) is 55.4 Å². The second kappa shape index (κ2) is 14.1. The largest absolute Gasteiger partial charge is 0.506 e. The molecule has 2 rings (SSSR count). The van der Waals surface area contributed by atoms with Crippen LogP contribution in [0.1, 0.15) is 73.1 Å². The number of hydrogen-bond donors (Lipinski definition) is 1. The number of aliphatic hydroxyl groups excluding tert-OH is 1. The van der Waals surface area contributed by atoms with Crippen molar-refractivity contribution in [1.82, 2.24) is 0 Å². The van der Waals surface area contributed by atoms with Crippen molar-refractivity contribution in [1.29, 1.82) is 0 Å². The summed E-state index contributed by atoms with van der Waals surface area (Å²) in [6, 6.07) is 11.5. The van der Waals surface area contributed by atoms with Gasteiger partial charge in [-0.3, -0.25) is 4.79 Å². The maximum absolute atomic E-state index is 12.3. The molecule has 7 heteroatoms. The first-order valence-electron chi connectivity index (χ1n) is 11.6. The molecular formula is C26H33F3O3S. The van der Waals surface area contributed by atoms with Gasteiger partial charge in [0.15, 0.2) is 0 Å². The van der Waals surface area contributed by atoms with Gasteiger partial charge in [0.25, 0.3) is 5.78 Å². The highest BCUT2D eigenvalue weighted by Crippen LogP contribution is 2.26. The van der Waals surface area contributed by atoms with Gasteiger partial charge in [-0.1, -0.05) is 57.1 Å². The van der Waals surface area contributed by atoms with E-state index in [9.17, 15) is 23.1 Å². The number of ether oxygens (including phenoxy) is 1. The summed E-state index contributed by atoms with van der Waals surface area (Å²) < 4.78 is 42.6. The van der Waals surface area contributed by atoms with Crippen LogP contribution in [0.5, 0.6) is 5.75 Å². The Morgan fingerprint density at radius 1 is 0.970 bits per heavy atom. The second-order valence-corrected chi connectivity index (χ2v) is 9.42. The number of carbonyl (C=O) groups excluding carboxylic acids is 1. The molecule has 0 atom stereocenters. The molecule has 182 valence electrons. The van der Waals surface area contributed by atoms with E-state index in [0.717, 1.165) is 42.9 Å². The number of benzene rings is 1. The van der Waals surface area contributed by atoms with Gasteiger partial charge in [0.1, 0.15) is 11.5 Å². The van der Waals surface area contributed by atoms with Crippen molar-refractivity contribution in [3.63, 3.8) is 0 Å². The van der Waals surface area contributed by atoms with Gasteiger partial charge in [-0.2, -0.15) is 13.2 Å². The fourth-order valence-electron chi connectivity index (χ4n) is 3.46. The van der Waals surface area contributed by atoms with Crippen LogP contribution < -0.4 is 4.74 Å². The van der Waals surface area contributed by atoms with Crippen molar-refractivity contribution >= 4 is 22.9 Å². The van der Waals surface area contributed by atoms with E-state index in [4.69, 9.17) is 4.74 Å². The quantitative estimate of drug-likeness (QED) is 0.158. The maximum Gasteiger partial charge on any atom is 0.454 e. The highest BCUT2D eigenvalue weighted by atomic mass is 32.1. The molecule has 1 aromatic heterocycles. The van der Waals surface area contributed by atoms with Gasteiger partial charge in [0.2, 0.25) is 0 Å². The van der Waals surface area contributed by atoms with E-state index in [1.807, 2.05) is 12.1 Å². The van der Waals surface area contributed by atoms with Gasteiger partial charge in [-0.25, -0.2) is 0 Å². The zero-order chi connectivity index (χ0) is 24.1. The summed E-state index contributed by atoms with van der Waals surface area (Å²) in [5.74, 6) is -1.74.